The smallest absolute Gasteiger partial charge is 0.280 e. The third-order valence-electron chi connectivity index (χ3n) is 3.71. The van der Waals surface area contributed by atoms with Crippen LogP contribution in [-0.2, 0) is 12.8 Å². The molecule has 0 aliphatic heterocycles. The van der Waals surface area contributed by atoms with Crippen LogP contribution in [0.1, 0.15) is 44.0 Å². The van der Waals surface area contributed by atoms with Crippen LogP contribution in [-0.4, -0.2) is 22.5 Å². The van der Waals surface area contributed by atoms with Gasteiger partial charge in [0.15, 0.2) is 5.01 Å². The number of benzene rings is 1. The molecular formula is C16H18N2O2S. The number of rotatable bonds is 4. The Morgan fingerprint density at radius 2 is 2.14 bits per heavy atom. The number of fused-ring (bicyclic) bond motifs is 1. The summed E-state index contributed by atoms with van der Waals surface area (Å²) >= 11 is 1.47. The third kappa shape index (κ3) is 3.14. The van der Waals surface area contributed by atoms with E-state index in [0.29, 0.717) is 5.01 Å². The fourth-order valence-electron chi connectivity index (χ4n) is 2.46. The van der Waals surface area contributed by atoms with Crippen molar-refractivity contribution in [2.75, 3.05) is 6.54 Å². The number of nitrogens with zero attached hydrogens (tertiary/aromatic N) is 1. The van der Waals surface area contributed by atoms with E-state index in [0.717, 1.165) is 36.1 Å². The highest BCUT2D eigenvalue weighted by Gasteiger charge is 2.20. The number of carbonyl (C=O) groups excluding carboxylic acids is 1. The second-order valence-corrected chi connectivity index (χ2v) is 6.46. The predicted octanol–water partition coefficient (Wildman–Crippen LogP) is 2.40. The molecule has 0 radical (unpaired) electrons. The van der Waals surface area contributed by atoms with Crippen molar-refractivity contribution in [2.24, 2.45) is 0 Å². The number of thiazole rings is 1. The van der Waals surface area contributed by atoms with Crippen molar-refractivity contribution < 1.29 is 9.90 Å². The summed E-state index contributed by atoms with van der Waals surface area (Å²) < 4.78 is 0. The Hall–Kier alpha value is -1.72. The van der Waals surface area contributed by atoms with Gasteiger partial charge in [0.1, 0.15) is 0 Å². The summed E-state index contributed by atoms with van der Waals surface area (Å²) in [5, 5.41) is 13.4. The van der Waals surface area contributed by atoms with Gasteiger partial charge in [-0.1, -0.05) is 29.8 Å². The monoisotopic (exact) mass is 302 g/mol. The quantitative estimate of drug-likeness (QED) is 0.911. The van der Waals surface area contributed by atoms with E-state index in [4.69, 9.17) is 0 Å². The summed E-state index contributed by atoms with van der Waals surface area (Å²) in [6.45, 7) is 2.20. The molecular weight excluding hydrogens is 284 g/mol. The zero-order valence-electron chi connectivity index (χ0n) is 11.9. The number of nitrogens with one attached hydrogen (secondary N) is 1. The highest BCUT2D eigenvalue weighted by Crippen LogP contribution is 2.27. The zero-order valence-corrected chi connectivity index (χ0v) is 12.7. The van der Waals surface area contributed by atoms with Gasteiger partial charge in [-0.25, -0.2) is 4.98 Å². The number of hydrogen-bond donors (Lipinski definition) is 2. The molecule has 2 aromatic rings. The highest BCUT2D eigenvalue weighted by atomic mass is 32.1. The van der Waals surface area contributed by atoms with Gasteiger partial charge in [-0.05, 0) is 31.7 Å². The first-order valence-corrected chi connectivity index (χ1v) is 7.96. The Morgan fingerprint density at radius 1 is 1.38 bits per heavy atom. The molecule has 1 amide bonds. The lowest BCUT2D eigenvalue weighted by Crippen LogP contribution is -2.28. The lowest BCUT2D eigenvalue weighted by molar-refractivity contribution is 0.0915. The van der Waals surface area contributed by atoms with Crippen molar-refractivity contribution >= 4 is 17.2 Å². The standard InChI is InChI=1S/C16H18N2O2S/c1-10-5-7-11(8-6-10)13(19)9-17-15(20)16-18-12-3-2-4-14(12)21-16/h5-8,13,19H,2-4,9H2,1H3,(H,17,20)/t13-/m1/s1. The van der Waals surface area contributed by atoms with E-state index >= 15 is 0 Å². The third-order valence-corrected chi connectivity index (χ3v) is 4.86. The fourth-order valence-corrected chi connectivity index (χ4v) is 3.52. The van der Waals surface area contributed by atoms with E-state index in [2.05, 4.69) is 10.3 Å². The molecule has 4 nitrogen and oxygen atoms in total. The minimum absolute atomic E-state index is 0.194. The van der Waals surface area contributed by atoms with E-state index < -0.39 is 6.10 Å². The molecule has 0 saturated carbocycles. The highest BCUT2D eigenvalue weighted by molar-refractivity contribution is 7.13. The minimum Gasteiger partial charge on any atom is -0.387 e. The van der Waals surface area contributed by atoms with Crippen molar-refractivity contribution in [3.05, 3.63) is 51.0 Å². The van der Waals surface area contributed by atoms with Crippen LogP contribution >= 0.6 is 11.3 Å². The minimum atomic E-state index is -0.693. The number of aliphatic hydroxyl groups is 1. The lowest BCUT2D eigenvalue weighted by atomic mass is 10.1. The number of hydrogen-bond acceptors (Lipinski definition) is 4. The predicted molar refractivity (Wildman–Crippen MR) is 82.6 cm³/mol. The first kappa shape index (κ1) is 14.2. The number of aromatic nitrogens is 1. The van der Waals surface area contributed by atoms with Crippen molar-refractivity contribution in [3.8, 4) is 0 Å². The lowest BCUT2D eigenvalue weighted by Gasteiger charge is -2.11. The topological polar surface area (TPSA) is 62.2 Å². The van der Waals surface area contributed by atoms with Crippen molar-refractivity contribution in [1.29, 1.82) is 0 Å². The van der Waals surface area contributed by atoms with Crippen LogP contribution in [0.15, 0.2) is 24.3 Å². The molecule has 3 rings (SSSR count). The normalized spacial score (nSPS) is 14.8. The molecule has 0 bridgehead atoms. The average Bonchev–Trinajstić information content (AvgIpc) is 3.06. The van der Waals surface area contributed by atoms with Crippen molar-refractivity contribution in [3.63, 3.8) is 0 Å². The van der Waals surface area contributed by atoms with Gasteiger partial charge in [0.2, 0.25) is 0 Å². The van der Waals surface area contributed by atoms with Crippen LogP contribution in [0.25, 0.3) is 0 Å². The molecule has 0 unspecified atom stereocenters. The number of carbonyl (C=O) groups is 1. The molecule has 1 atom stereocenters. The Labute approximate surface area is 127 Å². The fraction of sp³-hybridized carbons (Fsp3) is 0.375. The molecule has 1 aromatic carbocycles. The van der Waals surface area contributed by atoms with Gasteiger partial charge in [0.25, 0.3) is 5.91 Å². The molecule has 110 valence electrons. The van der Waals surface area contributed by atoms with E-state index in [1.807, 2.05) is 31.2 Å². The Kier molecular flexibility index (Phi) is 4.03. The summed E-state index contributed by atoms with van der Waals surface area (Å²) in [7, 11) is 0. The van der Waals surface area contributed by atoms with Gasteiger partial charge >= 0.3 is 0 Å². The van der Waals surface area contributed by atoms with Gasteiger partial charge in [-0.2, -0.15) is 0 Å². The molecule has 2 N–H and O–H groups in total. The van der Waals surface area contributed by atoms with Crippen LogP contribution in [0.5, 0.6) is 0 Å². The molecule has 1 aromatic heterocycles. The Morgan fingerprint density at radius 3 is 2.86 bits per heavy atom. The van der Waals surface area contributed by atoms with E-state index in [1.54, 1.807) is 0 Å². The molecule has 1 aliphatic carbocycles. The van der Waals surface area contributed by atoms with Crippen molar-refractivity contribution in [1.82, 2.24) is 10.3 Å². The first-order valence-electron chi connectivity index (χ1n) is 7.15. The number of amides is 1. The maximum Gasteiger partial charge on any atom is 0.280 e. The van der Waals surface area contributed by atoms with E-state index in [1.165, 1.54) is 16.2 Å². The summed E-state index contributed by atoms with van der Waals surface area (Å²) in [6.07, 6.45) is 2.46. The Bertz CT molecular complexity index is 627. The maximum atomic E-state index is 12.1. The second kappa shape index (κ2) is 5.95. The molecule has 1 aliphatic rings. The molecule has 1 heterocycles. The van der Waals surface area contributed by atoms with Crippen LogP contribution in [0.4, 0.5) is 0 Å². The van der Waals surface area contributed by atoms with Gasteiger partial charge in [0, 0.05) is 11.4 Å². The summed E-state index contributed by atoms with van der Waals surface area (Å²) in [4.78, 5) is 17.7. The molecule has 0 fully saturated rings. The van der Waals surface area contributed by atoms with Gasteiger partial charge in [-0.3, -0.25) is 4.79 Å². The summed E-state index contributed by atoms with van der Waals surface area (Å²) in [5.41, 5.74) is 3.03. The Balaban J connectivity index is 1.58. The zero-order chi connectivity index (χ0) is 14.8. The average molecular weight is 302 g/mol. The van der Waals surface area contributed by atoms with E-state index in [-0.39, 0.29) is 12.5 Å². The summed E-state index contributed by atoms with van der Waals surface area (Å²) in [6, 6.07) is 7.66. The van der Waals surface area contributed by atoms with Gasteiger partial charge in [0.05, 0.1) is 11.8 Å². The van der Waals surface area contributed by atoms with Crippen LogP contribution < -0.4 is 5.32 Å². The first-order chi connectivity index (χ1) is 10.1. The number of aliphatic hydroxyl groups excluding tert-OH is 1. The van der Waals surface area contributed by atoms with Gasteiger partial charge < -0.3 is 10.4 Å². The maximum absolute atomic E-state index is 12.1. The molecule has 0 saturated heterocycles. The van der Waals surface area contributed by atoms with E-state index in [9.17, 15) is 9.90 Å². The van der Waals surface area contributed by atoms with Gasteiger partial charge in [-0.15, -0.1) is 11.3 Å². The van der Waals surface area contributed by atoms with Crippen molar-refractivity contribution in [2.45, 2.75) is 32.3 Å². The summed E-state index contributed by atoms with van der Waals surface area (Å²) in [5.74, 6) is -0.194. The van der Waals surface area contributed by atoms with Crippen LogP contribution in [0, 0.1) is 6.92 Å². The molecule has 0 spiro atoms. The van der Waals surface area contributed by atoms with Crippen LogP contribution in [0.3, 0.4) is 0 Å². The molecule has 21 heavy (non-hydrogen) atoms. The second-order valence-electron chi connectivity index (χ2n) is 5.38. The largest absolute Gasteiger partial charge is 0.387 e. The molecule has 5 heteroatoms. The SMILES string of the molecule is Cc1ccc([C@H](O)CNC(=O)c2nc3c(s2)CCC3)cc1. The number of aryl methyl sites for hydroxylation is 3. The van der Waals surface area contributed by atoms with Crippen LogP contribution in [0.2, 0.25) is 0 Å².